The SMILES string of the molecule is COc1ccc(C)cc1C1(O)CCC(C)CC1C. The van der Waals surface area contributed by atoms with Gasteiger partial charge in [-0.15, -0.1) is 0 Å². The molecular weight excluding hydrogens is 224 g/mol. The Morgan fingerprint density at radius 2 is 2.06 bits per heavy atom. The zero-order valence-electron chi connectivity index (χ0n) is 11.9. The fourth-order valence-electron chi connectivity index (χ4n) is 3.19. The van der Waals surface area contributed by atoms with Crippen LogP contribution >= 0.6 is 0 Å². The fraction of sp³-hybridized carbons (Fsp3) is 0.625. The molecule has 100 valence electrons. The molecule has 0 aromatic heterocycles. The Labute approximate surface area is 110 Å². The van der Waals surface area contributed by atoms with E-state index in [1.807, 2.05) is 12.1 Å². The van der Waals surface area contributed by atoms with Crippen molar-refractivity contribution in [3.8, 4) is 5.75 Å². The molecule has 18 heavy (non-hydrogen) atoms. The number of methoxy groups -OCH3 is 1. The van der Waals surface area contributed by atoms with Crippen molar-refractivity contribution < 1.29 is 9.84 Å². The van der Waals surface area contributed by atoms with Crippen LogP contribution in [-0.2, 0) is 5.60 Å². The predicted molar refractivity (Wildman–Crippen MR) is 73.8 cm³/mol. The van der Waals surface area contributed by atoms with Crippen LogP contribution in [0.2, 0.25) is 0 Å². The first-order valence-electron chi connectivity index (χ1n) is 6.85. The number of benzene rings is 1. The number of ether oxygens (including phenoxy) is 1. The molecule has 1 aliphatic carbocycles. The molecule has 0 amide bonds. The third-order valence-electron chi connectivity index (χ3n) is 4.41. The summed E-state index contributed by atoms with van der Waals surface area (Å²) in [4.78, 5) is 0. The van der Waals surface area contributed by atoms with E-state index in [-0.39, 0.29) is 5.92 Å². The maximum Gasteiger partial charge on any atom is 0.124 e. The van der Waals surface area contributed by atoms with Crippen molar-refractivity contribution in [1.82, 2.24) is 0 Å². The molecule has 1 saturated carbocycles. The lowest BCUT2D eigenvalue weighted by Crippen LogP contribution is -2.38. The number of aliphatic hydroxyl groups is 1. The van der Waals surface area contributed by atoms with Gasteiger partial charge in [0.1, 0.15) is 5.75 Å². The summed E-state index contributed by atoms with van der Waals surface area (Å²) in [6, 6.07) is 6.07. The number of hydrogen-bond acceptors (Lipinski definition) is 2. The Morgan fingerprint density at radius 3 is 2.67 bits per heavy atom. The number of hydrogen-bond donors (Lipinski definition) is 1. The van der Waals surface area contributed by atoms with Crippen molar-refractivity contribution in [3.63, 3.8) is 0 Å². The van der Waals surface area contributed by atoms with Gasteiger partial charge >= 0.3 is 0 Å². The molecule has 2 rings (SSSR count). The van der Waals surface area contributed by atoms with E-state index in [1.165, 1.54) is 5.56 Å². The van der Waals surface area contributed by atoms with Gasteiger partial charge in [0.25, 0.3) is 0 Å². The van der Waals surface area contributed by atoms with Crippen molar-refractivity contribution in [2.24, 2.45) is 11.8 Å². The molecule has 1 aliphatic rings. The summed E-state index contributed by atoms with van der Waals surface area (Å²) >= 11 is 0. The topological polar surface area (TPSA) is 29.5 Å². The summed E-state index contributed by atoms with van der Waals surface area (Å²) < 4.78 is 5.43. The van der Waals surface area contributed by atoms with Gasteiger partial charge in [-0.25, -0.2) is 0 Å². The molecule has 0 heterocycles. The Bertz CT molecular complexity index is 427. The van der Waals surface area contributed by atoms with Crippen LogP contribution in [0, 0.1) is 18.8 Å². The molecule has 0 spiro atoms. The Kier molecular flexibility index (Phi) is 3.67. The van der Waals surface area contributed by atoms with Gasteiger partial charge in [0.05, 0.1) is 12.7 Å². The second-order valence-electron chi connectivity index (χ2n) is 5.91. The van der Waals surface area contributed by atoms with Crippen molar-refractivity contribution in [1.29, 1.82) is 0 Å². The van der Waals surface area contributed by atoms with Crippen molar-refractivity contribution >= 4 is 0 Å². The highest BCUT2D eigenvalue weighted by Crippen LogP contribution is 2.46. The second-order valence-corrected chi connectivity index (χ2v) is 5.91. The van der Waals surface area contributed by atoms with E-state index < -0.39 is 5.60 Å². The van der Waals surface area contributed by atoms with E-state index in [0.717, 1.165) is 30.6 Å². The van der Waals surface area contributed by atoms with Gasteiger partial charge in [0.15, 0.2) is 0 Å². The van der Waals surface area contributed by atoms with Gasteiger partial charge in [-0.3, -0.25) is 0 Å². The Morgan fingerprint density at radius 1 is 1.33 bits per heavy atom. The Hall–Kier alpha value is -1.02. The van der Waals surface area contributed by atoms with E-state index >= 15 is 0 Å². The highest BCUT2D eigenvalue weighted by Gasteiger charge is 2.41. The van der Waals surface area contributed by atoms with Crippen LogP contribution in [-0.4, -0.2) is 12.2 Å². The molecule has 2 nitrogen and oxygen atoms in total. The summed E-state index contributed by atoms with van der Waals surface area (Å²) in [5.74, 6) is 1.79. The minimum atomic E-state index is -0.732. The molecule has 1 fully saturated rings. The third kappa shape index (κ3) is 2.26. The minimum absolute atomic E-state index is 0.275. The molecule has 1 aromatic carbocycles. The summed E-state index contributed by atoms with van der Waals surface area (Å²) in [6.45, 7) is 6.48. The molecule has 0 aliphatic heterocycles. The molecule has 1 aromatic rings. The maximum absolute atomic E-state index is 11.1. The van der Waals surface area contributed by atoms with Crippen LogP contribution in [0.4, 0.5) is 0 Å². The molecule has 0 radical (unpaired) electrons. The first-order valence-corrected chi connectivity index (χ1v) is 6.85. The van der Waals surface area contributed by atoms with Crippen LogP contribution in [0.5, 0.6) is 5.75 Å². The molecule has 3 unspecified atom stereocenters. The monoisotopic (exact) mass is 248 g/mol. The molecule has 3 atom stereocenters. The lowest BCUT2D eigenvalue weighted by molar-refractivity contribution is -0.0602. The highest BCUT2D eigenvalue weighted by atomic mass is 16.5. The van der Waals surface area contributed by atoms with Crippen LogP contribution in [0.25, 0.3) is 0 Å². The quantitative estimate of drug-likeness (QED) is 0.865. The summed E-state index contributed by atoms with van der Waals surface area (Å²) in [6.07, 6.45) is 2.99. The van der Waals surface area contributed by atoms with E-state index in [1.54, 1.807) is 7.11 Å². The average Bonchev–Trinajstić information content (AvgIpc) is 2.34. The number of aryl methyl sites for hydroxylation is 1. The summed E-state index contributed by atoms with van der Waals surface area (Å²) in [5.41, 5.74) is 1.40. The standard InChI is InChI=1S/C16H24O2/c1-11-5-6-15(18-4)14(10-11)16(17)8-7-12(2)9-13(16)3/h5-6,10,12-13,17H,7-9H2,1-4H3. The molecular formula is C16H24O2. The van der Waals surface area contributed by atoms with Gasteiger partial charge in [-0.1, -0.05) is 25.5 Å². The molecule has 0 saturated heterocycles. The molecule has 0 bridgehead atoms. The minimum Gasteiger partial charge on any atom is -0.496 e. The largest absolute Gasteiger partial charge is 0.496 e. The average molecular weight is 248 g/mol. The predicted octanol–water partition coefficient (Wildman–Crippen LogP) is 3.65. The normalized spacial score (nSPS) is 32.3. The van der Waals surface area contributed by atoms with Gasteiger partial charge in [-0.05, 0) is 50.2 Å². The molecule has 1 N–H and O–H groups in total. The Balaban J connectivity index is 2.43. The van der Waals surface area contributed by atoms with Crippen LogP contribution in [0.3, 0.4) is 0 Å². The highest BCUT2D eigenvalue weighted by molar-refractivity contribution is 5.41. The van der Waals surface area contributed by atoms with Crippen LogP contribution in [0.1, 0.15) is 44.2 Å². The van der Waals surface area contributed by atoms with Gasteiger partial charge in [-0.2, -0.15) is 0 Å². The van der Waals surface area contributed by atoms with Crippen LogP contribution in [0.15, 0.2) is 18.2 Å². The van der Waals surface area contributed by atoms with Gasteiger partial charge in [0.2, 0.25) is 0 Å². The second kappa shape index (κ2) is 4.93. The smallest absolute Gasteiger partial charge is 0.124 e. The number of rotatable bonds is 2. The first kappa shape index (κ1) is 13.4. The summed E-state index contributed by atoms with van der Waals surface area (Å²) in [7, 11) is 1.67. The van der Waals surface area contributed by atoms with Crippen LogP contribution < -0.4 is 4.74 Å². The van der Waals surface area contributed by atoms with E-state index in [9.17, 15) is 5.11 Å². The van der Waals surface area contributed by atoms with Gasteiger partial charge < -0.3 is 9.84 Å². The lowest BCUT2D eigenvalue weighted by Gasteiger charge is -2.41. The fourth-order valence-corrected chi connectivity index (χ4v) is 3.19. The zero-order chi connectivity index (χ0) is 13.3. The van der Waals surface area contributed by atoms with E-state index in [0.29, 0.717) is 5.92 Å². The van der Waals surface area contributed by atoms with E-state index in [2.05, 4.69) is 26.8 Å². The first-order chi connectivity index (χ1) is 8.47. The zero-order valence-corrected chi connectivity index (χ0v) is 11.9. The van der Waals surface area contributed by atoms with Crippen molar-refractivity contribution in [3.05, 3.63) is 29.3 Å². The maximum atomic E-state index is 11.1. The summed E-state index contributed by atoms with van der Waals surface area (Å²) in [5, 5.41) is 11.1. The van der Waals surface area contributed by atoms with Crippen molar-refractivity contribution in [2.45, 2.75) is 45.6 Å². The third-order valence-corrected chi connectivity index (χ3v) is 4.41. The lowest BCUT2D eigenvalue weighted by atomic mass is 9.69. The molecule has 2 heteroatoms. The van der Waals surface area contributed by atoms with Gasteiger partial charge in [0, 0.05) is 5.56 Å². The van der Waals surface area contributed by atoms with E-state index in [4.69, 9.17) is 4.74 Å². The van der Waals surface area contributed by atoms with Crippen molar-refractivity contribution in [2.75, 3.05) is 7.11 Å².